The first-order valence-corrected chi connectivity index (χ1v) is 8.70. The summed E-state index contributed by atoms with van der Waals surface area (Å²) < 4.78 is 39.3. The number of nitrogens with zero attached hydrogens (tertiary/aromatic N) is 3. The van der Waals surface area contributed by atoms with Crippen LogP contribution in [-0.2, 0) is 11.0 Å². The quantitative estimate of drug-likeness (QED) is 0.872. The second-order valence-corrected chi connectivity index (χ2v) is 6.39. The third kappa shape index (κ3) is 4.41. The van der Waals surface area contributed by atoms with E-state index in [1.54, 1.807) is 4.90 Å². The minimum absolute atomic E-state index is 0.00377. The standard InChI is InChI=1S/C19H19F3N4O2/c1-13(27)25-8-10-26(11-9-25)17-12-14(6-7-23-17)18(28)24-16-5-3-2-4-15(16)19(20,21)22/h2-7,12H,8-11H2,1H3,(H,24,28). The number of alkyl halides is 3. The van der Waals surface area contributed by atoms with Crippen molar-refractivity contribution in [3.8, 4) is 0 Å². The van der Waals surface area contributed by atoms with Crippen molar-refractivity contribution in [2.75, 3.05) is 36.4 Å². The van der Waals surface area contributed by atoms with E-state index < -0.39 is 17.6 Å². The summed E-state index contributed by atoms with van der Waals surface area (Å²) >= 11 is 0. The fraction of sp³-hybridized carbons (Fsp3) is 0.316. The van der Waals surface area contributed by atoms with Crippen LogP contribution in [0.25, 0.3) is 0 Å². The predicted octanol–water partition coefficient (Wildman–Crippen LogP) is 3.02. The van der Waals surface area contributed by atoms with Gasteiger partial charge in [0.1, 0.15) is 5.82 Å². The largest absolute Gasteiger partial charge is 0.418 e. The van der Waals surface area contributed by atoms with E-state index in [2.05, 4.69) is 10.3 Å². The van der Waals surface area contributed by atoms with Crippen LogP contribution in [-0.4, -0.2) is 47.9 Å². The Bertz CT molecular complexity index is 877. The summed E-state index contributed by atoms with van der Waals surface area (Å²) in [4.78, 5) is 31.8. The van der Waals surface area contributed by atoms with Crippen LogP contribution in [0.2, 0.25) is 0 Å². The molecule has 0 unspecified atom stereocenters. The van der Waals surface area contributed by atoms with E-state index in [1.807, 2.05) is 4.90 Å². The molecule has 2 amide bonds. The molecule has 1 aromatic carbocycles. The summed E-state index contributed by atoms with van der Waals surface area (Å²) in [7, 11) is 0. The molecule has 0 aliphatic carbocycles. The van der Waals surface area contributed by atoms with Crippen LogP contribution in [0.4, 0.5) is 24.7 Å². The summed E-state index contributed by atoms with van der Waals surface area (Å²) in [5, 5.41) is 2.33. The van der Waals surface area contributed by atoms with Crippen LogP contribution in [0.5, 0.6) is 0 Å². The number of nitrogens with one attached hydrogen (secondary N) is 1. The van der Waals surface area contributed by atoms with Gasteiger partial charge in [-0.3, -0.25) is 9.59 Å². The number of benzene rings is 1. The second kappa shape index (κ2) is 7.87. The molecule has 0 radical (unpaired) electrons. The molecule has 1 aliphatic heterocycles. The third-order valence-corrected chi connectivity index (χ3v) is 4.54. The molecule has 3 rings (SSSR count). The number of carbonyl (C=O) groups excluding carboxylic acids is 2. The molecule has 0 atom stereocenters. The molecular weight excluding hydrogens is 373 g/mol. The van der Waals surface area contributed by atoms with Crippen molar-refractivity contribution >= 4 is 23.3 Å². The second-order valence-electron chi connectivity index (χ2n) is 6.39. The summed E-state index contributed by atoms with van der Waals surface area (Å²) in [5.74, 6) is -0.105. The maximum absolute atomic E-state index is 13.1. The van der Waals surface area contributed by atoms with Gasteiger partial charge in [-0.1, -0.05) is 12.1 Å². The van der Waals surface area contributed by atoms with Crippen LogP contribution in [0, 0.1) is 0 Å². The summed E-state index contributed by atoms with van der Waals surface area (Å²) in [6.45, 7) is 3.74. The molecule has 1 fully saturated rings. The molecule has 9 heteroatoms. The maximum Gasteiger partial charge on any atom is 0.418 e. The van der Waals surface area contributed by atoms with Crippen molar-refractivity contribution in [2.24, 2.45) is 0 Å². The van der Waals surface area contributed by atoms with Crippen LogP contribution in [0.15, 0.2) is 42.6 Å². The monoisotopic (exact) mass is 392 g/mol. The number of hydrogen-bond acceptors (Lipinski definition) is 4. The van der Waals surface area contributed by atoms with Crippen LogP contribution in [0.1, 0.15) is 22.8 Å². The normalized spacial score (nSPS) is 14.7. The van der Waals surface area contributed by atoms with Crippen molar-refractivity contribution in [3.05, 3.63) is 53.7 Å². The van der Waals surface area contributed by atoms with E-state index in [-0.39, 0.29) is 17.2 Å². The number of aromatic nitrogens is 1. The van der Waals surface area contributed by atoms with Crippen LogP contribution in [0.3, 0.4) is 0 Å². The lowest BCUT2D eigenvalue weighted by atomic mass is 10.1. The molecule has 0 saturated carbocycles. The lowest BCUT2D eigenvalue weighted by Crippen LogP contribution is -2.48. The first-order valence-electron chi connectivity index (χ1n) is 8.70. The highest BCUT2D eigenvalue weighted by molar-refractivity contribution is 6.05. The summed E-state index contributed by atoms with van der Waals surface area (Å²) in [5.41, 5.74) is -0.998. The van der Waals surface area contributed by atoms with Gasteiger partial charge in [0.2, 0.25) is 5.91 Å². The van der Waals surface area contributed by atoms with E-state index in [4.69, 9.17) is 0 Å². The smallest absolute Gasteiger partial charge is 0.353 e. The van der Waals surface area contributed by atoms with Crippen LogP contribution < -0.4 is 10.2 Å². The molecule has 1 N–H and O–H groups in total. The van der Waals surface area contributed by atoms with Gasteiger partial charge in [0.15, 0.2) is 0 Å². The minimum Gasteiger partial charge on any atom is -0.353 e. The van der Waals surface area contributed by atoms with Crippen molar-refractivity contribution < 1.29 is 22.8 Å². The third-order valence-electron chi connectivity index (χ3n) is 4.54. The van der Waals surface area contributed by atoms with Gasteiger partial charge in [-0.05, 0) is 24.3 Å². The first kappa shape index (κ1) is 19.7. The molecule has 2 heterocycles. The highest BCUT2D eigenvalue weighted by Gasteiger charge is 2.33. The number of para-hydroxylation sites is 1. The molecule has 0 bridgehead atoms. The number of piperazine rings is 1. The van der Waals surface area contributed by atoms with E-state index >= 15 is 0 Å². The van der Waals surface area contributed by atoms with E-state index in [0.717, 1.165) is 6.07 Å². The first-order chi connectivity index (χ1) is 13.3. The molecule has 1 saturated heterocycles. The zero-order valence-electron chi connectivity index (χ0n) is 15.2. The number of carbonyl (C=O) groups is 2. The van der Waals surface area contributed by atoms with E-state index in [1.165, 1.54) is 43.5 Å². The van der Waals surface area contributed by atoms with Gasteiger partial charge in [0.05, 0.1) is 11.3 Å². The van der Waals surface area contributed by atoms with Gasteiger partial charge >= 0.3 is 6.18 Å². The van der Waals surface area contributed by atoms with Crippen molar-refractivity contribution in [2.45, 2.75) is 13.1 Å². The highest BCUT2D eigenvalue weighted by Crippen LogP contribution is 2.34. The number of halogens is 3. The van der Waals surface area contributed by atoms with Gasteiger partial charge in [-0.2, -0.15) is 13.2 Å². The number of hydrogen-bond donors (Lipinski definition) is 1. The Kier molecular flexibility index (Phi) is 5.53. The van der Waals surface area contributed by atoms with Gasteiger partial charge in [-0.15, -0.1) is 0 Å². The Balaban J connectivity index is 1.75. The number of pyridine rings is 1. The Hall–Kier alpha value is -3.10. The van der Waals surface area contributed by atoms with E-state index in [0.29, 0.717) is 32.0 Å². The predicted molar refractivity (Wildman–Crippen MR) is 98.1 cm³/mol. The SMILES string of the molecule is CC(=O)N1CCN(c2cc(C(=O)Nc3ccccc3C(F)(F)F)ccn2)CC1. The molecule has 28 heavy (non-hydrogen) atoms. The number of anilines is 2. The van der Waals surface area contributed by atoms with Gasteiger partial charge in [0.25, 0.3) is 5.91 Å². The molecule has 148 valence electrons. The molecule has 2 aromatic rings. The van der Waals surface area contributed by atoms with Gasteiger partial charge in [-0.25, -0.2) is 4.98 Å². The van der Waals surface area contributed by atoms with Crippen molar-refractivity contribution in [1.82, 2.24) is 9.88 Å². The van der Waals surface area contributed by atoms with Crippen LogP contribution >= 0.6 is 0 Å². The maximum atomic E-state index is 13.1. The fourth-order valence-electron chi connectivity index (χ4n) is 3.02. The average Bonchev–Trinajstić information content (AvgIpc) is 2.68. The Morgan fingerprint density at radius 1 is 1.07 bits per heavy atom. The topological polar surface area (TPSA) is 65.5 Å². The average molecular weight is 392 g/mol. The molecule has 6 nitrogen and oxygen atoms in total. The molecule has 0 spiro atoms. The minimum atomic E-state index is -4.57. The van der Waals surface area contributed by atoms with E-state index in [9.17, 15) is 22.8 Å². The molecule has 1 aromatic heterocycles. The van der Waals surface area contributed by atoms with Crippen molar-refractivity contribution in [3.63, 3.8) is 0 Å². The van der Waals surface area contributed by atoms with Gasteiger partial charge in [0, 0.05) is 44.9 Å². The zero-order valence-corrected chi connectivity index (χ0v) is 15.2. The Labute approximate surface area is 160 Å². The number of amides is 2. The van der Waals surface area contributed by atoms with Crippen molar-refractivity contribution in [1.29, 1.82) is 0 Å². The molecule has 1 aliphatic rings. The molecular formula is C19H19F3N4O2. The fourth-order valence-corrected chi connectivity index (χ4v) is 3.02. The number of rotatable bonds is 3. The lowest BCUT2D eigenvalue weighted by Gasteiger charge is -2.35. The lowest BCUT2D eigenvalue weighted by molar-refractivity contribution is -0.137. The zero-order chi connectivity index (χ0) is 20.3. The summed E-state index contributed by atoms with van der Waals surface area (Å²) in [6, 6.07) is 7.81. The summed E-state index contributed by atoms with van der Waals surface area (Å²) in [6.07, 6.45) is -3.12. The van der Waals surface area contributed by atoms with Gasteiger partial charge < -0.3 is 15.1 Å². The highest BCUT2D eigenvalue weighted by atomic mass is 19.4. The Morgan fingerprint density at radius 2 is 1.75 bits per heavy atom. The Morgan fingerprint density at radius 3 is 2.39 bits per heavy atom.